The minimum Gasteiger partial charge on any atom is -1.00 e. The van der Waals surface area contributed by atoms with Gasteiger partial charge >= 0.3 is 0 Å². The Kier molecular flexibility index (Phi) is 2.88. The summed E-state index contributed by atoms with van der Waals surface area (Å²) in [5.41, 5.74) is 2.58. The molecule has 3 rings (SSSR count). The molecule has 0 amide bonds. The Bertz CT molecular complexity index is 655. The van der Waals surface area contributed by atoms with Crippen LogP contribution in [0, 0.1) is 0 Å². The zero-order chi connectivity index (χ0) is 10.4. The second-order valence-corrected chi connectivity index (χ2v) is 3.99. The van der Waals surface area contributed by atoms with Crippen LogP contribution in [0.3, 0.4) is 0 Å². The standard InChI is InChI=1S/C13H13N2.HI/c1-14-9-15(2)13-11-6-4-3-5-10(11)7-8-12(13)14;/h3-9H,1-2H3;1H/q+1;/p-1. The van der Waals surface area contributed by atoms with Gasteiger partial charge in [-0.3, -0.25) is 0 Å². The van der Waals surface area contributed by atoms with E-state index in [1.54, 1.807) is 0 Å². The second-order valence-electron chi connectivity index (χ2n) is 3.99. The van der Waals surface area contributed by atoms with Gasteiger partial charge in [-0.2, -0.15) is 0 Å². The first kappa shape index (κ1) is 11.4. The maximum absolute atomic E-state index is 2.18. The van der Waals surface area contributed by atoms with E-state index in [0.29, 0.717) is 0 Å². The van der Waals surface area contributed by atoms with Crippen molar-refractivity contribution in [2.45, 2.75) is 0 Å². The van der Waals surface area contributed by atoms with Gasteiger partial charge in [-0.15, -0.1) is 0 Å². The highest BCUT2D eigenvalue weighted by Gasteiger charge is 2.12. The van der Waals surface area contributed by atoms with Crippen LogP contribution in [0.5, 0.6) is 0 Å². The quantitative estimate of drug-likeness (QED) is 0.377. The fraction of sp³-hybridized carbons (Fsp3) is 0.154. The molecular formula is C13H13IN2. The van der Waals surface area contributed by atoms with E-state index in [1.165, 1.54) is 21.8 Å². The Hall–Kier alpha value is -1.10. The molecule has 0 atom stereocenters. The minimum atomic E-state index is 0. The van der Waals surface area contributed by atoms with E-state index in [9.17, 15) is 0 Å². The maximum atomic E-state index is 2.18. The Balaban J connectivity index is 0.000000963. The molecule has 0 N–H and O–H groups in total. The van der Waals surface area contributed by atoms with Crippen molar-refractivity contribution in [3.05, 3.63) is 42.7 Å². The molecule has 0 unspecified atom stereocenters. The zero-order valence-corrected chi connectivity index (χ0v) is 11.5. The van der Waals surface area contributed by atoms with E-state index >= 15 is 0 Å². The predicted molar refractivity (Wildman–Crippen MR) is 61.6 cm³/mol. The van der Waals surface area contributed by atoms with Crippen LogP contribution in [0.1, 0.15) is 0 Å². The molecular weight excluding hydrogens is 311 g/mol. The van der Waals surface area contributed by atoms with Crippen molar-refractivity contribution in [3.8, 4) is 0 Å². The number of nitrogens with zero attached hydrogens (tertiary/aromatic N) is 2. The summed E-state index contributed by atoms with van der Waals surface area (Å²) in [5.74, 6) is 0. The average Bonchev–Trinajstić information content (AvgIpc) is 2.55. The largest absolute Gasteiger partial charge is 1.00 e. The number of aryl methyl sites for hydroxylation is 2. The highest BCUT2D eigenvalue weighted by Crippen LogP contribution is 2.22. The molecule has 0 saturated carbocycles. The van der Waals surface area contributed by atoms with E-state index in [1.807, 2.05) is 0 Å². The molecule has 82 valence electrons. The molecule has 0 spiro atoms. The lowest BCUT2D eigenvalue weighted by atomic mass is 10.1. The molecule has 0 aliphatic rings. The number of imidazole rings is 1. The van der Waals surface area contributed by atoms with Crippen LogP contribution in [-0.2, 0) is 14.1 Å². The fourth-order valence-electron chi connectivity index (χ4n) is 2.28. The van der Waals surface area contributed by atoms with E-state index < -0.39 is 0 Å². The molecule has 16 heavy (non-hydrogen) atoms. The van der Waals surface area contributed by atoms with Crippen molar-refractivity contribution < 1.29 is 28.5 Å². The molecule has 0 aliphatic carbocycles. The number of benzene rings is 2. The van der Waals surface area contributed by atoms with E-state index in [-0.39, 0.29) is 24.0 Å². The molecule has 1 heterocycles. The summed E-state index contributed by atoms with van der Waals surface area (Å²) in [7, 11) is 4.17. The van der Waals surface area contributed by atoms with E-state index in [2.05, 4.69) is 66.0 Å². The summed E-state index contributed by atoms with van der Waals surface area (Å²) < 4.78 is 4.33. The summed E-state index contributed by atoms with van der Waals surface area (Å²) in [4.78, 5) is 0. The lowest BCUT2D eigenvalue weighted by molar-refractivity contribution is -0.644. The van der Waals surface area contributed by atoms with Crippen molar-refractivity contribution in [1.82, 2.24) is 4.57 Å². The molecule has 0 saturated heterocycles. The highest BCUT2D eigenvalue weighted by atomic mass is 127. The maximum Gasteiger partial charge on any atom is 0.244 e. The van der Waals surface area contributed by atoms with Gasteiger partial charge in [0.05, 0.1) is 14.1 Å². The molecule has 1 aromatic heterocycles. The van der Waals surface area contributed by atoms with Gasteiger partial charge in [0.25, 0.3) is 0 Å². The first-order valence-corrected chi connectivity index (χ1v) is 5.10. The smallest absolute Gasteiger partial charge is 0.244 e. The Morgan fingerprint density at radius 1 is 1.06 bits per heavy atom. The van der Waals surface area contributed by atoms with Crippen LogP contribution < -0.4 is 28.5 Å². The third-order valence-corrected chi connectivity index (χ3v) is 2.96. The van der Waals surface area contributed by atoms with Crippen LogP contribution in [0.25, 0.3) is 21.8 Å². The first-order chi connectivity index (χ1) is 7.27. The van der Waals surface area contributed by atoms with Crippen LogP contribution in [-0.4, -0.2) is 4.57 Å². The molecule has 0 fully saturated rings. The van der Waals surface area contributed by atoms with Crippen LogP contribution in [0.2, 0.25) is 0 Å². The van der Waals surface area contributed by atoms with Gasteiger partial charge in [0.1, 0.15) is 0 Å². The van der Waals surface area contributed by atoms with Gasteiger partial charge in [0.2, 0.25) is 6.33 Å². The average molecular weight is 324 g/mol. The summed E-state index contributed by atoms with van der Waals surface area (Å²) in [6.45, 7) is 0. The Labute approximate surface area is 112 Å². The monoisotopic (exact) mass is 324 g/mol. The fourth-order valence-corrected chi connectivity index (χ4v) is 2.28. The molecule has 3 aromatic rings. The molecule has 0 radical (unpaired) electrons. The number of hydrogen-bond donors (Lipinski definition) is 0. The highest BCUT2D eigenvalue weighted by molar-refractivity contribution is 6.02. The SMILES string of the molecule is Cn1c[n+](C)c2c3ccccc3ccc21.[I-]. The number of rotatable bonds is 0. The van der Waals surface area contributed by atoms with Crippen molar-refractivity contribution >= 4 is 21.8 Å². The zero-order valence-electron chi connectivity index (χ0n) is 9.31. The van der Waals surface area contributed by atoms with Gasteiger partial charge in [-0.05, 0) is 23.6 Å². The molecule has 2 nitrogen and oxygen atoms in total. The van der Waals surface area contributed by atoms with Gasteiger partial charge in [-0.25, -0.2) is 9.13 Å². The summed E-state index contributed by atoms with van der Waals surface area (Å²) in [6, 6.07) is 12.9. The summed E-state index contributed by atoms with van der Waals surface area (Å²) in [5, 5.41) is 2.62. The minimum absolute atomic E-state index is 0. The van der Waals surface area contributed by atoms with E-state index in [4.69, 9.17) is 0 Å². The van der Waals surface area contributed by atoms with Crippen LogP contribution in [0.4, 0.5) is 0 Å². The summed E-state index contributed by atoms with van der Waals surface area (Å²) >= 11 is 0. The van der Waals surface area contributed by atoms with Gasteiger partial charge < -0.3 is 24.0 Å². The number of halogens is 1. The van der Waals surface area contributed by atoms with E-state index in [0.717, 1.165) is 0 Å². The number of fused-ring (bicyclic) bond motifs is 3. The number of aromatic nitrogens is 2. The van der Waals surface area contributed by atoms with Crippen molar-refractivity contribution in [2.24, 2.45) is 14.1 Å². The Morgan fingerprint density at radius 3 is 2.62 bits per heavy atom. The molecule has 0 bridgehead atoms. The number of hydrogen-bond acceptors (Lipinski definition) is 0. The van der Waals surface area contributed by atoms with Gasteiger partial charge in [-0.1, -0.05) is 18.2 Å². The summed E-state index contributed by atoms with van der Waals surface area (Å²) in [6.07, 6.45) is 2.11. The normalized spacial score (nSPS) is 10.6. The van der Waals surface area contributed by atoms with Crippen molar-refractivity contribution in [3.63, 3.8) is 0 Å². The second kappa shape index (κ2) is 4.05. The molecule has 3 heteroatoms. The molecule has 2 aromatic carbocycles. The first-order valence-electron chi connectivity index (χ1n) is 5.10. The third-order valence-electron chi connectivity index (χ3n) is 2.96. The molecule has 0 aliphatic heterocycles. The third kappa shape index (κ3) is 1.50. The van der Waals surface area contributed by atoms with Gasteiger partial charge in [0, 0.05) is 5.39 Å². The lowest BCUT2D eigenvalue weighted by Gasteiger charge is -1.97. The van der Waals surface area contributed by atoms with Crippen LogP contribution in [0.15, 0.2) is 42.7 Å². The van der Waals surface area contributed by atoms with Crippen LogP contribution >= 0.6 is 0 Å². The lowest BCUT2D eigenvalue weighted by Crippen LogP contribution is -3.00. The van der Waals surface area contributed by atoms with Crippen molar-refractivity contribution in [1.29, 1.82) is 0 Å². The van der Waals surface area contributed by atoms with Gasteiger partial charge in [0.15, 0.2) is 11.0 Å². The topological polar surface area (TPSA) is 8.81 Å². The predicted octanol–water partition coefficient (Wildman–Crippen LogP) is -0.840. The van der Waals surface area contributed by atoms with Crippen molar-refractivity contribution in [2.75, 3.05) is 0 Å². The Morgan fingerprint density at radius 2 is 1.81 bits per heavy atom.